The van der Waals surface area contributed by atoms with Gasteiger partial charge in [-0.3, -0.25) is 9.10 Å². The van der Waals surface area contributed by atoms with E-state index >= 15 is 0 Å². The van der Waals surface area contributed by atoms with Crippen LogP contribution in [-0.2, 0) is 14.8 Å². The Balaban J connectivity index is 1.50. The van der Waals surface area contributed by atoms with Gasteiger partial charge in [0.2, 0.25) is 0 Å². The van der Waals surface area contributed by atoms with Crippen LogP contribution < -0.4 is 9.73 Å². The number of hydrazone groups is 1. The Bertz CT molecular complexity index is 1550. The number of amides is 1. The van der Waals surface area contributed by atoms with Crippen molar-refractivity contribution in [2.75, 3.05) is 10.8 Å². The Morgan fingerprint density at radius 1 is 1.03 bits per heavy atom. The van der Waals surface area contributed by atoms with Gasteiger partial charge < -0.3 is 4.42 Å². The van der Waals surface area contributed by atoms with Gasteiger partial charge in [0.25, 0.3) is 15.9 Å². The number of hydrogen-bond acceptors (Lipinski definition) is 5. The fourth-order valence-corrected chi connectivity index (χ4v) is 5.27. The largest absolute Gasteiger partial charge is 0.455 e. The summed E-state index contributed by atoms with van der Waals surface area (Å²) in [7, 11) is -4.18. The first-order valence-electron chi connectivity index (χ1n) is 10.9. The van der Waals surface area contributed by atoms with Crippen LogP contribution in [0, 0.1) is 12.7 Å². The first kappa shape index (κ1) is 26.4. The average Bonchev–Trinajstić information content (AvgIpc) is 3.32. The smallest absolute Gasteiger partial charge is 0.264 e. The molecule has 0 aliphatic heterocycles. The van der Waals surface area contributed by atoms with Gasteiger partial charge in [-0.1, -0.05) is 40.9 Å². The zero-order valence-electron chi connectivity index (χ0n) is 19.4. The molecule has 4 rings (SSSR count). The van der Waals surface area contributed by atoms with Gasteiger partial charge in [-0.25, -0.2) is 18.2 Å². The van der Waals surface area contributed by atoms with E-state index in [1.807, 2.05) is 6.92 Å². The maximum Gasteiger partial charge on any atom is 0.264 e. The summed E-state index contributed by atoms with van der Waals surface area (Å²) in [4.78, 5) is 12.5. The van der Waals surface area contributed by atoms with Crippen LogP contribution in [0.1, 0.15) is 11.3 Å². The molecule has 190 valence electrons. The second kappa shape index (κ2) is 11.2. The minimum absolute atomic E-state index is 0.158. The zero-order chi connectivity index (χ0) is 26.6. The van der Waals surface area contributed by atoms with Gasteiger partial charge in [0, 0.05) is 10.6 Å². The van der Waals surface area contributed by atoms with Crippen molar-refractivity contribution in [3.05, 3.63) is 106 Å². The topological polar surface area (TPSA) is 92.0 Å². The molecule has 0 spiro atoms. The Morgan fingerprint density at radius 3 is 2.41 bits per heavy atom. The number of anilines is 1. The minimum atomic E-state index is -4.18. The van der Waals surface area contributed by atoms with Gasteiger partial charge in [-0.15, -0.1) is 0 Å². The van der Waals surface area contributed by atoms with E-state index in [2.05, 4.69) is 10.5 Å². The summed E-state index contributed by atoms with van der Waals surface area (Å²) in [6, 6.07) is 19.3. The molecule has 37 heavy (non-hydrogen) atoms. The molecule has 0 saturated carbocycles. The number of nitrogens with zero attached hydrogens (tertiary/aromatic N) is 2. The molecule has 1 N–H and O–H groups in total. The first-order valence-corrected chi connectivity index (χ1v) is 13.1. The average molecular weight is 560 g/mol. The third-order valence-electron chi connectivity index (χ3n) is 5.22. The van der Waals surface area contributed by atoms with E-state index in [0.717, 1.165) is 34.1 Å². The minimum Gasteiger partial charge on any atom is -0.455 e. The Hall–Kier alpha value is -3.66. The lowest BCUT2D eigenvalue weighted by Gasteiger charge is -2.23. The summed E-state index contributed by atoms with van der Waals surface area (Å²) < 4.78 is 46.6. The summed E-state index contributed by atoms with van der Waals surface area (Å²) in [6.07, 6.45) is 1.27. The number of rotatable bonds is 8. The van der Waals surface area contributed by atoms with Crippen molar-refractivity contribution in [3.8, 4) is 11.3 Å². The van der Waals surface area contributed by atoms with Gasteiger partial charge in [-0.2, -0.15) is 5.10 Å². The molecule has 0 radical (unpaired) electrons. The maximum absolute atomic E-state index is 13.4. The van der Waals surface area contributed by atoms with Gasteiger partial charge in [-0.05, 0) is 73.7 Å². The van der Waals surface area contributed by atoms with E-state index in [0.29, 0.717) is 27.1 Å². The highest BCUT2D eigenvalue weighted by molar-refractivity contribution is 7.92. The summed E-state index contributed by atoms with van der Waals surface area (Å²) in [5, 5.41) is 4.77. The van der Waals surface area contributed by atoms with E-state index in [4.69, 9.17) is 27.6 Å². The first-order chi connectivity index (χ1) is 17.6. The van der Waals surface area contributed by atoms with Crippen molar-refractivity contribution in [1.29, 1.82) is 0 Å². The predicted molar refractivity (Wildman–Crippen MR) is 142 cm³/mol. The number of hydrogen-bond donors (Lipinski definition) is 1. The van der Waals surface area contributed by atoms with Crippen molar-refractivity contribution in [1.82, 2.24) is 5.43 Å². The highest BCUT2D eigenvalue weighted by Gasteiger charge is 2.27. The van der Waals surface area contributed by atoms with Crippen LogP contribution >= 0.6 is 23.2 Å². The number of carbonyl (C=O) groups is 1. The fraction of sp³-hybridized carbons (Fsp3) is 0.0769. The number of sulfonamides is 1. The number of benzene rings is 3. The highest BCUT2D eigenvalue weighted by Crippen LogP contribution is 2.31. The second-order valence-corrected chi connectivity index (χ2v) is 10.6. The monoisotopic (exact) mass is 559 g/mol. The van der Waals surface area contributed by atoms with Crippen molar-refractivity contribution >= 4 is 51.0 Å². The highest BCUT2D eigenvalue weighted by atomic mass is 35.5. The van der Waals surface area contributed by atoms with Crippen LogP contribution in [0.3, 0.4) is 0 Å². The summed E-state index contributed by atoms with van der Waals surface area (Å²) in [5.41, 5.74) is 4.12. The van der Waals surface area contributed by atoms with Crippen molar-refractivity contribution in [2.45, 2.75) is 11.8 Å². The molecule has 0 unspecified atom stereocenters. The second-order valence-electron chi connectivity index (χ2n) is 7.92. The number of nitrogens with one attached hydrogen (secondary N) is 1. The molecule has 0 bridgehead atoms. The molecule has 0 fully saturated rings. The van der Waals surface area contributed by atoms with Crippen LogP contribution in [-0.4, -0.2) is 27.1 Å². The molecule has 7 nitrogen and oxygen atoms in total. The molecule has 4 aromatic rings. The number of furan rings is 1. The summed E-state index contributed by atoms with van der Waals surface area (Å²) in [5.74, 6) is -0.469. The van der Waals surface area contributed by atoms with Crippen LogP contribution in [0.5, 0.6) is 0 Å². The molecule has 11 heteroatoms. The van der Waals surface area contributed by atoms with Crippen LogP contribution in [0.2, 0.25) is 10.0 Å². The lowest BCUT2D eigenvalue weighted by atomic mass is 10.2. The van der Waals surface area contributed by atoms with Crippen LogP contribution in [0.25, 0.3) is 11.3 Å². The molecule has 0 aliphatic carbocycles. The lowest BCUT2D eigenvalue weighted by Crippen LogP contribution is -2.39. The summed E-state index contributed by atoms with van der Waals surface area (Å²) >= 11 is 12.1. The summed E-state index contributed by atoms with van der Waals surface area (Å²) in [6.45, 7) is 1.29. The predicted octanol–water partition coefficient (Wildman–Crippen LogP) is 6.05. The Labute approximate surface area is 223 Å². The lowest BCUT2D eigenvalue weighted by molar-refractivity contribution is -0.119. The van der Waals surface area contributed by atoms with Gasteiger partial charge >= 0.3 is 0 Å². The standard InChI is InChI=1S/C26H20Cl2FN3O4S/c1-17-2-7-20(8-3-17)32(37(34,35)22-10-5-19(29)6-11-22)16-26(33)31-30-15-21-9-13-25(36-21)23-12-4-18(27)14-24(23)28/h2-15H,16H2,1H3,(H,31,33)/b30-15-. The maximum atomic E-state index is 13.4. The Kier molecular flexibility index (Phi) is 7.97. The quantitative estimate of drug-likeness (QED) is 0.210. The van der Waals surface area contributed by atoms with E-state index in [9.17, 15) is 17.6 Å². The van der Waals surface area contributed by atoms with E-state index in [1.54, 1.807) is 54.6 Å². The number of aryl methyl sites for hydroxylation is 1. The molecule has 1 heterocycles. The van der Waals surface area contributed by atoms with Crippen molar-refractivity contribution in [3.63, 3.8) is 0 Å². The molecule has 1 amide bonds. The molecule has 0 atom stereocenters. The van der Waals surface area contributed by atoms with E-state index in [-0.39, 0.29) is 10.6 Å². The fourth-order valence-electron chi connectivity index (χ4n) is 3.35. The number of halogens is 3. The molecular formula is C26H20Cl2FN3O4S. The van der Waals surface area contributed by atoms with Crippen LogP contribution in [0.15, 0.2) is 93.3 Å². The molecule has 1 aromatic heterocycles. The third kappa shape index (κ3) is 6.37. The zero-order valence-corrected chi connectivity index (χ0v) is 21.7. The SMILES string of the molecule is Cc1ccc(N(CC(=O)N/N=C\c2ccc(-c3ccc(Cl)cc3Cl)o2)S(=O)(=O)c2ccc(F)cc2)cc1. The van der Waals surface area contributed by atoms with Gasteiger partial charge in [0.1, 0.15) is 23.9 Å². The van der Waals surface area contributed by atoms with Gasteiger partial charge in [0.05, 0.1) is 21.8 Å². The normalized spacial score (nSPS) is 11.6. The molecular weight excluding hydrogens is 540 g/mol. The van der Waals surface area contributed by atoms with Crippen LogP contribution in [0.4, 0.5) is 10.1 Å². The van der Waals surface area contributed by atoms with E-state index in [1.165, 1.54) is 6.21 Å². The Morgan fingerprint density at radius 2 is 1.73 bits per heavy atom. The van der Waals surface area contributed by atoms with E-state index < -0.39 is 28.3 Å². The molecule has 0 aliphatic rings. The molecule has 0 saturated heterocycles. The third-order valence-corrected chi connectivity index (χ3v) is 7.55. The molecule has 3 aromatic carbocycles. The van der Waals surface area contributed by atoms with Crippen molar-refractivity contribution in [2.24, 2.45) is 5.10 Å². The number of carbonyl (C=O) groups excluding carboxylic acids is 1. The van der Waals surface area contributed by atoms with Gasteiger partial charge in [0.15, 0.2) is 0 Å². The van der Waals surface area contributed by atoms with Crippen molar-refractivity contribution < 1.29 is 22.0 Å².